The largest absolute Gasteiger partial charge is 0.364 e. The standard InChI is InChI=1S/C14H20N6O/c1-2-19(11-7-9-3-4-10(8-11)15-9)13-6-5-12-16-17-14(21)20(12)18-13/h5-6,9-11,15H,2-4,7-8H2,1H3,(H,17,21). The molecular weight excluding hydrogens is 268 g/mol. The van der Waals surface area contributed by atoms with Gasteiger partial charge in [0.2, 0.25) is 0 Å². The predicted octanol–water partition coefficient (Wildman–Crippen LogP) is 0.527. The van der Waals surface area contributed by atoms with Crippen molar-refractivity contribution in [2.24, 2.45) is 0 Å². The van der Waals surface area contributed by atoms with E-state index in [2.05, 4.69) is 32.4 Å². The summed E-state index contributed by atoms with van der Waals surface area (Å²) in [5.74, 6) is 0.861. The molecule has 2 aromatic heterocycles. The van der Waals surface area contributed by atoms with E-state index < -0.39 is 0 Å². The highest BCUT2D eigenvalue weighted by Gasteiger charge is 2.36. The average Bonchev–Trinajstić information content (AvgIpc) is 3.03. The minimum absolute atomic E-state index is 0.284. The Balaban J connectivity index is 1.67. The zero-order chi connectivity index (χ0) is 14.4. The van der Waals surface area contributed by atoms with Crippen LogP contribution in [0.1, 0.15) is 32.6 Å². The van der Waals surface area contributed by atoms with E-state index in [1.54, 1.807) is 0 Å². The molecule has 2 saturated heterocycles. The zero-order valence-corrected chi connectivity index (χ0v) is 12.1. The molecule has 2 N–H and O–H groups in total. The molecule has 4 rings (SSSR count). The topological polar surface area (TPSA) is 78.3 Å². The number of H-pyrrole nitrogens is 1. The van der Waals surface area contributed by atoms with E-state index in [1.165, 1.54) is 17.4 Å². The van der Waals surface area contributed by atoms with Crippen LogP contribution in [0.4, 0.5) is 5.82 Å². The van der Waals surface area contributed by atoms with Crippen LogP contribution in [0.25, 0.3) is 5.65 Å². The molecule has 0 aliphatic carbocycles. The van der Waals surface area contributed by atoms with Gasteiger partial charge in [-0.15, -0.1) is 5.10 Å². The number of nitrogens with zero attached hydrogens (tertiary/aromatic N) is 4. The molecule has 0 radical (unpaired) electrons. The summed E-state index contributed by atoms with van der Waals surface area (Å²) in [6.45, 7) is 3.04. The molecule has 4 heterocycles. The van der Waals surface area contributed by atoms with Gasteiger partial charge in [-0.2, -0.15) is 9.61 Å². The lowest BCUT2D eigenvalue weighted by Gasteiger charge is -2.37. The summed E-state index contributed by atoms with van der Waals surface area (Å²) in [6.07, 6.45) is 4.88. The van der Waals surface area contributed by atoms with Gasteiger partial charge >= 0.3 is 5.69 Å². The van der Waals surface area contributed by atoms with Crippen LogP contribution in [0.2, 0.25) is 0 Å². The Morgan fingerprint density at radius 1 is 1.33 bits per heavy atom. The van der Waals surface area contributed by atoms with Gasteiger partial charge in [-0.25, -0.2) is 9.89 Å². The lowest BCUT2D eigenvalue weighted by atomic mass is 9.98. The monoisotopic (exact) mass is 288 g/mol. The molecule has 2 fully saturated rings. The number of aromatic amines is 1. The first-order chi connectivity index (χ1) is 10.2. The maximum Gasteiger partial charge on any atom is 0.364 e. The SMILES string of the molecule is CCN(c1ccc2n[nH]c(=O)n2n1)C1CC2CCC(C1)N2. The van der Waals surface area contributed by atoms with Crippen LogP contribution in [0, 0.1) is 0 Å². The highest BCUT2D eigenvalue weighted by Crippen LogP contribution is 2.31. The molecule has 0 amide bonds. The van der Waals surface area contributed by atoms with Gasteiger partial charge in [-0.1, -0.05) is 0 Å². The van der Waals surface area contributed by atoms with E-state index in [0.29, 0.717) is 23.8 Å². The van der Waals surface area contributed by atoms with Gasteiger partial charge in [-0.05, 0) is 44.7 Å². The fourth-order valence-electron chi connectivity index (χ4n) is 3.84. The molecule has 2 aliphatic rings. The Labute approximate surface area is 122 Å². The first kappa shape index (κ1) is 12.8. The Kier molecular flexibility index (Phi) is 2.95. The Hall–Kier alpha value is -1.89. The van der Waals surface area contributed by atoms with Crippen molar-refractivity contribution in [2.75, 3.05) is 11.4 Å². The molecular formula is C14H20N6O. The van der Waals surface area contributed by atoms with Crippen LogP contribution in [-0.4, -0.2) is 44.5 Å². The minimum atomic E-state index is -0.284. The molecule has 7 heteroatoms. The molecule has 2 aliphatic heterocycles. The number of hydrogen-bond donors (Lipinski definition) is 2. The van der Waals surface area contributed by atoms with Crippen molar-refractivity contribution >= 4 is 11.5 Å². The van der Waals surface area contributed by atoms with E-state index in [4.69, 9.17) is 0 Å². The van der Waals surface area contributed by atoms with Crippen molar-refractivity contribution < 1.29 is 0 Å². The van der Waals surface area contributed by atoms with Crippen molar-refractivity contribution in [3.8, 4) is 0 Å². The van der Waals surface area contributed by atoms with Crippen LogP contribution >= 0.6 is 0 Å². The fraction of sp³-hybridized carbons (Fsp3) is 0.643. The second-order valence-corrected chi connectivity index (χ2v) is 6.04. The van der Waals surface area contributed by atoms with Crippen molar-refractivity contribution in [2.45, 2.75) is 50.7 Å². The normalized spacial score (nSPS) is 28.1. The van der Waals surface area contributed by atoms with Crippen LogP contribution in [0.5, 0.6) is 0 Å². The lowest BCUT2D eigenvalue weighted by molar-refractivity contribution is 0.347. The van der Waals surface area contributed by atoms with Crippen LogP contribution in [0.3, 0.4) is 0 Å². The van der Waals surface area contributed by atoms with Gasteiger partial charge in [0.05, 0.1) is 0 Å². The van der Waals surface area contributed by atoms with Gasteiger partial charge in [0, 0.05) is 24.7 Å². The van der Waals surface area contributed by atoms with E-state index >= 15 is 0 Å². The quantitative estimate of drug-likeness (QED) is 0.861. The maximum atomic E-state index is 11.7. The highest BCUT2D eigenvalue weighted by molar-refractivity contribution is 5.46. The summed E-state index contributed by atoms with van der Waals surface area (Å²) >= 11 is 0. The first-order valence-electron chi connectivity index (χ1n) is 7.71. The third kappa shape index (κ3) is 2.12. The van der Waals surface area contributed by atoms with Crippen molar-refractivity contribution in [3.05, 3.63) is 22.6 Å². The molecule has 0 spiro atoms. The third-order valence-corrected chi connectivity index (χ3v) is 4.78. The molecule has 2 aromatic rings. The summed E-state index contributed by atoms with van der Waals surface area (Å²) in [5, 5.41) is 14.5. The molecule has 2 bridgehead atoms. The van der Waals surface area contributed by atoms with Gasteiger partial charge in [0.15, 0.2) is 5.65 Å². The Morgan fingerprint density at radius 2 is 2.10 bits per heavy atom. The Bertz CT molecular complexity index is 695. The molecule has 7 nitrogen and oxygen atoms in total. The number of nitrogens with one attached hydrogen (secondary N) is 2. The molecule has 0 saturated carbocycles. The van der Waals surface area contributed by atoms with Crippen LogP contribution in [0.15, 0.2) is 16.9 Å². The summed E-state index contributed by atoms with van der Waals surface area (Å²) in [6, 6.07) is 5.59. The third-order valence-electron chi connectivity index (χ3n) is 4.78. The van der Waals surface area contributed by atoms with Crippen molar-refractivity contribution in [1.82, 2.24) is 25.1 Å². The highest BCUT2D eigenvalue weighted by atomic mass is 16.2. The van der Waals surface area contributed by atoms with Crippen molar-refractivity contribution in [3.63, 3.8) is 0 Å². The first-order valence-corrected chi connectivity index (χ1v) is 7.71. The number of hydrogen-bond acceptors (Lipinski definition) is 5. The van der Waals surface area contributed by atoms with Crippen LogP contribution < -0.4 is 15.9 Å². The van der Waals surface area contributed by atoms with Gasteiger partial charge in [0.25, 0.3) is 0 Å². The molecule has 2 unspecified atom stereocenters. The van der Waals surface area contributed by atoms with E-state index in [9.17, 15) is 4.79 Å². The van der Waals surface area contributed by atoms with E-state index in [1.807, 2.05) is 12.1 Å². The summed E-state index contributed by atoms with van der Waals surface area (Å²) < 4.78 is 1.34. The van der Waals surface area contributed by atoms with E-state index in [-0.39, 0.29) is 5.69 Å². The van der Waals surface area contributed by atoms with Gasteiger partial charge in [-0.3, -0.25) is 0 Å². The Morgan fingerprint density at radius 3 is 2.81 bits per heavy atom. The molecule has 2 atom stereocenters. The van der Waals surface area contributed by atoms with Gasteiger partial charge in [0.1, 0.15) is 5.82 Å². The predicted molar refractivity (Wildman–Crippen MR) is 79.6 cm³/mol. The summed E-state index contributed by atoms with van der Waals surface area (Å²) in [4.78, 5) is 14.0. The fourth-order valence-corrected chi connectivity index (χ4v) is 3.84. The summed E-state index contributed by atoms with van der Waals surface area (Å²) in [5.41, 5.74) is 0.276. The lowest BCUT2D eigenvalue weighted by Crippen LogP contribution is -2.48. The average molecular weight is 288 g/mol. The number of piperidine rings is 1. The minimum Gasteiger partial charge on any atom is -0.352 e. The number of fused-ring (bicyclic) bond motifs is 3. The maximum absolute atomic E-state index is 11.7. The second kappa shape index (κ2) is 4.84. The number of rotatable bonds is 3. The van der Waals surface area contributed by atoms with Crippen LogP contribution in [-0.2, 0) is 0 Å². The van der Waals surface area contributed by atoms with E-state index in [0.717, 1.165) is 25.2 Å². The smallest absolute Gasteiger partial charge is 0.352 e. The van der Waals surface area contributed by atoms with Gasteiger partial charge < -0.3 is 10.2 Å². The molecule has 0 aromatic carbocycles. The molecule has 21 heavy (non-hydrogen) atoms. The molecule has 112 valence electrons. The summed E-state index contributed by atoms with van der Waals surface area (Å²) in [7, 11) is 0. The number of anilines is 1. The van der Waals surface area contributed by atoms with Crippen molar-refractivity contribution in [1.29, 1.82) is 0 Å². The number of aromatic nitrogens is 4. The zero-order valence-electron chi connectivity index (χ0n) is 12.1. The second-order valence-electron chi connectivity index (χ2n) is 6.04.